The van der Waals surface area contributed by atoms with Crippen molar-refractivity contribution in [1.29, 1.82) is 0 Å². The van der Waals surface area contributed by atoms with Gasteiger partial charge in [0, 0.05) is 0 Å². The van der Waals surface area contributed by atoms with Crippen molar-refractivity contribution in [1.82, 2.24) is 5.32 Å². The van der Waals surface area contributed by atoms with E-state index in [2.05, 4.69) is 14.5 Å². The molecule has 0 bridgehead atoms. The molecule has 0 spiro atoms. The molecule has 0 aliphatic heterocycles. The van der Waals surface area contributed by atoms with Crippen LogP contribution in [0.1, 0.15) is 17.5 Å². The van der Waals surface area contributed by atoms with Crippen LogP contribution in [-0.2, 0) is 9.53 Å². The van der Waals surface area contributed by atoms with Gasteiger partial charge in [-0.15, -0.1) is 0 Å². The Hall–Kier alpha value is -2.38. The summed E-state index contributed by atoms with van der Waals surface area (Å²) in [5.74, 6) is -2.14. The van der Waals surface area contributed by atoms with Crippen molar-refractivity contribution in [2.45, 2.75) is 13.0 Å². The van der Waals surface area contributed by atoms with Gasteiger partial charge in [0.2, 0.25) is 0 Å². The van der Waals surface area contributed by atoms with Gasteiger partial charge < -0.3 is 14.5 Å². The minimum atomic E-state index is -0.864. The summed E-state index contributed by atoms with van der Waals surface area (Å²) in [5, 5.41) is 12.6. The Morgan fingerprint density at radius 1 is 1.53 bits per heavy atom. The lowest BCUT2D eigenvalue weighted by atomic mass is 10.3. The second-order valence-electron chi connectivity index (χ2n) is 3.11. The maximum absolute atomic E-state index is 11.5. The summed E-state index contributed by atoms with van der Waals surface area (Å²) in [5.41, 5.74) is 0. The maximum Gasteiger partial charge on any atom is 0.433 e. The molecule has 0 aliphatic carbocycles. The highest BCUT2D eigenvalue weighted by atomic mass is 16.6. The van der Waals surface area contributed by atoms with E-state index in [0.717, 1.165) is 12.1 Å². The van der Waals surface area contributed by atoms with Gasteiger partial charge in [-0.25, -0.2) is 4.79 Å². The number of carbonyl (C=O) groups excluding carboxylic acids is 2. The van der Waals surface area contributed by atoms with E-state index in [-0.39, 0.29) is 5.76 Å². The average molecular weight is 242 g/mol. The Balaban J connectivity index is 2.70. The number of esters is 1. The first kappa shape index (κ1) is 12.7. The Bertz CT molecular complexity index is 452. The van der Waals surface area contributed by atoms with Crippen molar-refractivity contribution in [3.8, 4) is 0 Å². The summed E-state index contributed by atoms with van der Waals surface area (Å²) in [6.07, 6.45) is 0. The Morgan fingerprint density at radius 3 is 2.65 bits per heavy atom. The van der Waals surface area contributed by atoms with Crippen molar-refractivity contribution in [3.05, 3.63) is 28.0 Å². The Kier molecular flexibility index (Phi) is 3.81. The van der Waals surface area contributed by atoms with Crippen LogP contribution in [0.3, 0.4) is 0 Å². The Morgan fingerprint density at radius 2 is 2.18 bits per heavy atom. The summed E-state index contributed by atoms with van der Waals surface area (Å²) in [6.45, 7) is 1.42. The zero-order valence-electron chi connectivity index (χ0n) is 9.13. The lowest BCUT2D eigenvalue weighted by Gasteiger charge is -2.09. The average Bonchev–Trinajstić information content (AvgIpc) is 2.77. The van der Waals surface area contributed by atoms with Crippen molar-refractivity contribution < 1.29 is 23.7 Å². The van der Waals surface area contributed by atoms with Crippen LogP contribution in [0.5, 0.6) is 0 Å². The first-order chi connectivity index (χ1) is 7.95. The Labute approximate surface area is 95.7 Å². The van der Waals surface area contributed by atoms with E-state index >= 15 is 0 Å². The highest BCUT2D eigenvalue weighted by Gasteiger charge is 2.21. The number of furan rings is 1. The van der Waals surface area contributed by atoms with Gasteiger partial charge in [0.05, 0.1) is 13.2 Å². The van der Waals surface area contributed by atoms with Gasteiger partial charge in [-0.1, -0.05) is 0 Å². The topological polar surface area (TPSA) is 112 Å². The van der Waals surface area contributed by atoms with Gasteiger partial charge in [-0.2, -0.15) is 0 Å². The number of hydrogen-bond donors (Lipinski definition) is 1. The second-order valence-corrected chi connectivity index (χ2v) is 3.11. The molecule has 0 radical (unpaired) electrons. The minimum absolute atomic E-state index is 0.243. The van der Waals surface area contributed by atoms with Crippen molar-refractivity contribution in [2.75, 3.05) is 7.11 Å². The molecule has 1 rings (SSSR count). The molecule has 1 N–H and O–H groups in total. The summed E-state index contributed by atoms with van der Waals surface area (Å²) >= 11 is 0. The van der Waals surface area contributed by atoms with Crippen molar-refractivity contribution >= 4 is 17.8 Å². The lowest BCUT2D eigenvalue weighted by molar-refractivity contribution is -0.402. The molecule has 1 unspecified atom stereocenters. The third kappa shape index (κ3) is 3.03. The van der Waals surface area contributed by atoms with E-state index in [4.69, 9.17) is 0 Å². The predicted octanol–water partition coefficient (Wildman–Crippen LogP) is 0.479. The fraction of sp³-hybridized carbons (Fsp3) is 0.333. The van der Waals surface area contributed by atoms with E-state index in [1.54, 1.807) is 0 Å². The standard InChI is InChI=1S/C9H10N2O6/c1-5(9(13)16-2)10-8(12)6-3-4-7(17-6)11(14)15/h3-5H,1-2H3,(H,10,12). The number of amides is 1. The first-order valence-electron chi connectivity index (χ1n) is 4.58. The monoisotopic (exact) mass is 242 g/mol. The number of carbonyl (C=O) groups is 2. The summed E-state index contributed by atoms with van der Waals surface area (Å²) < 4.78 is 9.06. The fourth-order valence-corrected chi connectivity index (χ4v) is 1.05. The van der Waals surface area contributed by atoms with Gasteiger partial charge in [0.1, 0.15) is 11.0 Å². The first-order valence-corrected chi connectivity index (χ1v) is 4.58. The van der Waals surface area contributed by atoms with Crippen LogP contribution < -0.4 is 5.32 Å². The number of rotatable bonds is 4. The SMILES string of the molecule is COC(=O)C(C)NC(=O)c1ccc([N+](=O)[O-])o1. The fourth-order valence-electron chi connectivity index (χ4n) is 1.05. The summed E-state index contributed by atoms with van der Waals surface area (Å²) in [7, 11) is 1.18. The number of nitrogens with zero attached hydrogens (tertiary/aromatic N) is 1. The molecular formula is C9H10N2O6. The van der Waals surface area contributed by atoms with Gasteiger partial charge in [-0.3, -0.25) is 14.9 Å². The number of nitrogens with one attached hydrogen (secondary N) is 1. The molecule has 0 aromatic carbocycles. The predicted molar refractivity (Wildman–Crippen MR) is 54.3 cm³/mol. The third-order valence-electron chi connectivity index (χ3n) is 1.90. The highest BCUT2D eigenvalue weighted by molar-refractivity contribution is 5.94. The number of ether oxygens (including phenoxy) is 1. The molecule has 1 aromatic heterocycles. The van der Waals surface area contributed by atoms with Gasteiger partial charge >= 0.3 is 11.9 Å². The molecule has 0 saturated heterocycles. The lowest BCUT2D eigenvalue weighted by Crippen LogP contribution is -2.38. The van der Waals surface area contributed by atoms with Crippen LogP contribution in [0.15, 0.2) is 16.5 Å². The largest absolute Gasteiger partial charge is 0.467 e. The maximum atomic E-state index is 11.5. The molecule has 0 saturated carbocycles. The van der Waals surface area contributed by atoms with Crippen molar-refractivity contribution in [3.63, 3.8) is 0 Å². The molecule has 0 fully saturated rings. The van der Waals surface area contributed by atoms with E-state index in [9.17, 15) is 19.7 Å². The van der Waals surface area contributed by atoms with E-state index in [0.29, 0.717) is 0 Å². The summed E-state index contributed by atoms with van der Waals surface area (Å²) in [6, 6.07) is 1.34. The molecule has 0 aliphatic rings. The van der Waals surface area contributed by atoms with Crippen molar-refractivity contribution in [2.24, 2.45) is 0 Å². The van der Waals surface area contributed by atoms with Crippen LogP contribution in [0.4, 0.5) is 5.88 Å². The molecule has 8 heteroatoms. The highest BCUT2D eigenvalue weighted by Crippen LogP contribution is 2.15. The van der Waals surface area contributed by atoms with Crippen LogP contribution in [-0.4, -0.2) is 30.0 Å². The van der Waals surface area contributed by atoms with Gasteiger partial charge in [0.15, 0.2) is 5.76 Å². The smallest absolute Gasteiger partial charge is 0.433 e. The normalized spacial score (nSPS) is 11.6. The molecule has 17 heavy (non-hydrogen) atoms. The number of methoxy groups -OCH3 is 1. The molecule has 1 aromatic rings. The zero-order chi connectivity index (χ0) is 13.0. The molecule has 92 valence electrons. The molecule has 1 amide bonds. The molecule has 8 nitrogen and oxygen atoms in total. The second kappa shape index (κ2) is 5.10. The molecule has 1 heterocycles. The van der Waals surface area contributed by atoms with Crippen LogP contribution in [0.2, 0.25) is 0 Å². The van der Waals surface area contributed by atoms with Gasteiger partial charge in [-0.05, 0) is 13.0 Å². The third-order valence-corrected chi connectivity index (χ3v) is 1.90. The zero-order valence-corrected chi connectivity index (χ0v) is 9.13. The van der Waals surface area contributed by atoms with Gasteiger partial charge in [0.25, 0.3) is 5.91 Å². The van der Waals surface area contributed by atoms with E-state index in [1.807, 2.05) is 0 Å². The van der Waals surface area contributed by atoms with E-state index in [1.165, 1.54) is 14.0 Å². The van der Waals surface area contributed by atoms with Crippen LogP contribution >= 0.6 is 0 Å². The van der Waals surface area contributed by atoms with E-state index < -0.39 is 28.7 Å². The number of hydrogen-bond acceptors (Lipinski definition) is 6. The van der Waals surface area contributed by atoms with Crippen LogP contribution in [0.25, 0.3) is 0 Å². The quantitative estimate of drug-likeness (QED) is 0.467. The number of nitro groups is 1. The van der Waals surface area contributed by atoms with Crippen LogP contribution in [0, 0.1) is 10.1 Å². The molecular weight excluding hydrogens is 232 g/mol. The molecule has 1 atom stereocenters. The minimum Gasteiger partial charge on any atom is -0.467 e. The summed E-state index contributed by atoms with van der Waals surface area (Å²) in [4.78, 5) is 32.0.